The molecule has 0 spiro atoms. The van der Waals surface area contributed by atoms with E-state index in [1.165, 1.54) is 12.8 Å². The minimum absolute atomic E-state index is 0.0411. The summed E-state index contributed by atoms with van der Waals surface area (Å²) in [6.45, 7) is 5.99. The number of carbonyl (C=O) groups is 1. The fraction of sp³-hybridized carbons (Fsp3) is 0.923. The smallest absolute Gasteiger partial charge is 0.313 e. The highest BCUT2D eigenvalue weighted by molar-refractivity contribution is 5.78. The number of nitrogens with one attached hydrogen (secondary N) is 1. The van der Waals surface area contributed by atoms with Gasteiger partial charge in [0.1, 0.15) is 6.10 Å². The van der Waals surface area contributed by atoms with Crippen molar-refractivity contribution in [3.05, 3.63) is 0 Å². The summed E-state index contributed by atoms with van der Waals surface area (Å²) in [5, 5.41) is 3.30. The molecule has 1 unspecified atom stereocenters. The lowest BCUT2D eigenvalue weighted by molar-refractivity contribution is -0.163. The Morgan fingerprint density at radius 1 is 1.38 bits per heavy atom. The summed E-state index contributed by atoms with van der Waals surface area (Å²) in [4.78, 5) is 12.3. The monoisotopic (exact) mass is 225 g/mol. The first kappa shape index (κ1) is 11.9. The highest BCUT2D eigenvalue weighted by Gasteiger charge is 2.46. The van der Waals surface area contributed by atoms with Crippen LogP contribution in [0.1, 0.15) is 46.0 Å². The maximum Gasteiger partial charge on any atom is 0.313 e. The van der Waals surface area contributed by atoms with Crippen molar-refractivity contribution < 1.29 is 9.53 Å². The molecule has 1 N–H and O–H groups in total. The largest absolute Gasteiger partial charge is 0.462 e. The number of carbonyl (C=O) groups excluding carboxylic acids is 1. The molecule has 2 fully saturated rings. The normalized spacial score (nSPS) is 31.2. The van der Waals surface area contributed by atoms with Crippen molar-refractivity contribution in [3.8, 4) is 0 Å². The Labute approximate surface area is 97.9 Å². The van der Waals surface area contributed by atoms with Crippen LogP contribution in [-0.2, 0) is 9.53 Å². The molecule has 1 saturated carbocycles. The molecule has 16 heavy (non-hydrogen) atoms. The molecule has 2 aliphatic rings. The highest BCUT2D eigenvalue weighted by Crippen LogP contribution is 2.37. The Morgan fingerprint density at radius 3 is 2.56 bits per heavy atom. The van der Waals surface area contributed by atoms with Gasteiger partial charge >= 0.3 is 5.97 Å². The van der Waals surface area contributed by atoms with E-state index in [0.717, 1.165) is 32.4 Å². The first-order chi connectivity index (χ1) is 7.65. The Morgan fingerprint density at radius 2 is 2.06 bits per heavy atom. The number of ether oxygens (including phenoxy) is 1. The number of hydrogen-bond donors (Lipinski definition) is 1. The van der Waals surface area contributed by atoms with E-state index in [2.05, 4.69) is 19.2 Å². The Bertz CT molecular complexity index is 251. The second-order valence-electron chi connectivity index (χ2n) is 5.55. The molecule has 1 saturated heterocycles. The SMILES string of the molecule is CC(C)C1(C(=O)OC2CCCC2)CCNC1. The van der Waals surface area contributed by atoms with Crippen LogP contribution in [0.5, 0.6) is 0 Å². The minimum Gasteiger partial charge on any atom is -0.462 e. The molecule has 1 aliphatic carbocycles. The highest BCUT2D eigenvalue weighted by atomic mass is 16.5. The van der Waals surface area contributed by atoms with Gasteiger partial charge in [0.2, 0.25) is 0 Å². The zero-order valence-electron chi connectivity index (χ0n) is 10.4. The molecule has 0 radical (unpaired) electrons. The van der Waals surface area contributed by atoms with Crippen molar-refractivity contribution in [2.75, 3.05) is 13.1 Å². The van der Waals surface area contributed by atoms with Gasteiger partial charge in [-0.15, -0.1) is 0 Å². The van der Waals surface area contributed by atoms with Gasteiger partial charge < -0.3 is 10.1 Å². The third kappa shape index (κ3) is 2.10. The fourth-order valence-electron chi connectivity index (χ4n) is 2.89. The van der Waals surface area contributed by atoms with E-state index in [4.69, 9.17) is 4.74 Å². The minimum atomic E-state index is -0.261. The predicted octanol–water partition coefficient (Wildman–Crippen LogP) is 2.11. The molecule has 3 heteroatoms. The molecule has 3 nitrogen and oxygen atoms in total. The summed E-state index contributed by atoms with van der Waals surface area (Å²) < 4.78 is 5.68. The maximum atomic E-state index is 12.3. The molecule has 0 aromatic rings. The van der Waals surface area contributed by atoms with Crippen molar-refractivity contribution in [2.24, 2.45) is 11.3 Å². The van der Waals surface area contributed by atoms with Crippen molar-refractivity contribution in [3.63, 3.8) is 0 Å². The summed E-state index contributed by atoms with van der Waals surface area (Å²) in [5.74, 6) is 0.399. The molecule has 0 amide bonds. The zero-order valence-corrected chi connectivity index (χ0v) is 10.4. The second kappa shape index (κ2) is 4.74. The number of esters is 1. The lowest BCUT2D eigenvalue weighted by Crippen LogP contribution is -2.41. The summed E-state index contributed by atoms with van der Waals surface area (Å²) in [7, 11) is 0. The van der Waals surface area contributed by atoms with E-state index in [1.54, 1.807) is 0 Å². The molecule has 0 bridgehead atoms. The van der Waals surface area contributed by atoms with Crippen molar-refractivity contribution in [2.45, 2.75) is 52.1 Å². The van der Waals surface area contributed by atoms with E-state index in [-0.39, 0.29) is 17.5 Å². The summed E-state index contributed by atoms with van der Waals surface area (Å²) in [6.07, 6.45) is 5.68. The molecule has 2 rings (SSSR count). The van der Waals surface area contributed by atoms with Crippen LogP contribution in [0.4, 0.5) is 0 Å². The van der Waals surface area contributed by atoms with Crippen LogP contribution in [0.15, 0.2) is 0 Å². The molecule has 1 atom stereocenters. The summed E-state index contributed by atoms with van der Waals surface area (Å²) in [5.41, 5.74) is -0.261. The van der Waals surface area contributed by atoms with Crippen LogP contribution in [0.3, 0.4) is 0 Å². The first-order valence-corrected chi connectivity index (χ1v) is 6.57. The molecule has 0 aromatic carbocycles. The summed E-state index contributed by atoms with van der Waals surface area (Å²) >= 11 is 0. The lowest BCUT2D eigenvalue weighted by atomic mass is 9.76. The van der Waals surface area contributed by atoms with Gasteiger partial charge in [-0.2, -0.15) is 0 Å². The van der Waals surface area contributed by atoms with Gasteiger partial charge in [-0.05, 0) is 44.6 Å². The van der Waals surface area contributed by atoms with Crippen molar-refractivity contribution in [1.82, 2.24) is 5.32 Å². The average molecular weight is 225 g/mol. The molecule has 0 aromatic heterocycles. The molecule has 92 valence electrons. The Balaban J connectivity index is 1.99. The van der Waals surface area contributed by atoms with Crippen LogP contribution < -0.4 is 5.32 Å². The third-order valence-electron chi connectivity index (χ3n) is 4.28. The van der Waals surface area contributed by atoms with Gasteiger partial charge in [-0.25, -0.2) is 0 Å². The van der Waals surface area contributed by atoms with Crippen molar-refractivity contribution >= 4 is 5.97 Å². The third-order valence-corrected chi connectivity index (χ3v) is 4.28. The number of hydrogen-bond acceptors (Lipinski definition) is 3. The average Bonchev–Trinajstić information content (AvgIpc) is 2.87. The summed E-state index contributed by atoms with van der Waals surface area (Å²) in [6, 6.07) is 0. The van der Waals surface area contributed by atoms with E-state index < -0.39 is 0 Å². The van der Waals surface area contributed by atoms with E-state index in [0.29, 0.717) is 5.92 Å². The van der Waals surface area contributed by atoms with Crippen LogP contribution in [-0.4, -0.2) is 25.2 Å². The quantitative estimate of drug-likeness (QED) is 0.748. The van der Waals surface area contributed by atoms with Crippen LogP contribution in [0.25, 0.3) is 0 Å². The van der Waals surface area contributed by atoms with Gasteiger partial charge in [-0.1, -0.05) is 13.8 Å². The maximum absolute atomic E-state index is 12.3. The first-order valence-electron chi connectivity index (χ1n) is 6.57. The van der Waals surface area contributed by atoms with Crippen LogP contribution >= 0.6 is 0 Å². The zero-order chi connectivity index (χ0) is 11.6. The molecule has 1 aliphatic heterocycles. The van der Waals surface area contributed by atoms with Crippen molar-refractivity contribution in [1.29, 1.82) is 0 Å². The van der Waals surface area contributed by atoms with Gasteiger partial charge in [0.15, 0.2) is 0 Å². The van der Waals surface area contributed by atoms with Crippen LogP contribution in [0.2, 0.25) is 0 Å². The van der Waals surface area contributed by atoms with Gasteiger partial charge in [0, 0.05) is 6.54 Å². The predicted molar refractivity (Wildman–Crippen MR) is 63.1 cm³/mol. The number of rotatable bonds is 3. The van der Waals surface area contributed by atoms with Gasteiger partial charge in [0.25, 0.3) is 0 Å². The molecular weight excluding hydrogens is 202 g/mol. The van der Waals surface area contributed by atoms with Crippen LogP contribution in [0, 0.1) is 11.3 Å². The Hall–Kier alpha value is -0.570. The fourth-order valence-corrected chi connectivity index (χ4v) is 2.89. The van der Waals surface area contributed by atoms with E-state index in [1.807, 2.05) is 0 Å². The van der Waals surface area contributed by atoms with E-state index in [9.17, 15) is 4.79 Å². The van der Waals surface area contributed by atoms with Gasteiger partial charge in [0.05, 0.1) is 5.41 Å². The topological polar surface area (TPSA) is 38.3 Å². The molecular formula is C13H23NO2. The van der Waals surface area contributed by atoms with Gasteiger partial charge in [-0.3, -0.25) is 4.79 Å². The Kier molecular flexibility index (Phi) is 3.53. The second-order valence-corrected chi connectivity index (χ2v) is 5.55. The molecule has 1 heterocycles. The standard InChI is InChI=1S/C13H23NO2/c1-10(2)13(7-8-14-9-13)12(15)16-11-5-3-4-6-11/h10-11,14H,3-9H2,1-2H3. The van der Waals surface area contributed by atoms with E-state index >= 15 is 0 Å². The lowest BCUT2D eigenvalue weighted by Gasteiger charge is -2.31.